The summed E-state index contributed by atoms with van der Waals surface area (Å²) in [6, 6.07) is 6.75. The summed E-state index contributed by atoms with van der Waals surface area (Å²) in [5.41, 5.74) is 1.43. The number of hydrogen-bond donors (Lipinski definition) is 1. The first kappa shape index (κ1) is 16.5. The fourth-order valence-electron chi connectivity index (χ4n) is 3.20. The van der Waals surface area contributed by atoms with Crippen LogP contribution < -0.4 is 10.9 Å². The molecule has 2 unspecified atom stereocenters. The zero-order chi connectivity index (χ0) is 18.2. The highest BCUT2D eigenvalue weighted by atomic mass is 32.1. The van der Waals surface area contributed by atoms with Crippen LogP contribution >= 0.6 is 11.3 Å². The number of pyridine rings is 1. The molecule has 2 atom stereocenters. The molecule has 27 heavy (non-hydrogen) atoms. The predicted octanol–water partition coefficient (Wildman–Crippen LogP) is 2.09. The van der Waals surface area contributed by atoms with Gasteiger partial charge >= 0.3 is 0 Å². The molecule has 0 spiro atoms. The minimum absolute atomic E-state index is 0.0839. The van der Waals surface area contributed by atoms with Gasteiger partial charge in [0.2, 0.25) is 5.13 Å². The molecule has 1 saturated heterocycles. The van der Waals surface area contributed by atoms with Crippen molar-refractivity contribution >= 4 is 16.5 Å². The molecule has 2 aliphatic rings. The third-order valence-electron chi connectivity index (χ3n) is 4.82. The Labute approximate surface area is 159 Å². The molecule has 1 aliphatic heterocycles. The third kappa shape index (κ3) is 3.35. The molecule has 9 heteroatoms. The number of rotatable bonds is 5. The number of ether oxygens (including phenoxy) is 1. The normalized spacial score (nSPS) is 22.1. The standard InChI is InChI=1S/C18H18N6O2S/c25-16-6-5-13(12-2-1-7-19-8-12)23-24(16)15-10-26-9-14(15)20-18-22-21-17(27-18)11-3-4-11/h1-2,5-8,11,14-15H,3-4,9-10H2,(H,20,22). The van der Waals surface area contributed by atoms with E-state index in [1.54, 1.807) is 35.9 Å². The van der Waals surface area contributed by atoms with E-state index >= 15 is 0 Å². The summed E-state index contributed by atoms with van der Waals surface area (Å²) >= 11 is 1.59. The van der Waals surface area contributed by atoms with Gasteiger partial charge in [-0.1, -0.05) is 11.3 Å². The van der Waals surface area contributed by atoms with Crippen LogP contribution in [0.3, 0.4) is 0 Å². The second-order valence-electron chi connectivity index (χ2n) is 6.82. The van der Waals surface area contributed by atoms with E-state index in [0.29, 0.717) is 24.8 Å². The molecule has 138 valence electrons. The van der Waals surface area contributed by atoms with Crippen molar-refractivity contribution < 1.29 is 4.74 Å². The molecule has 1 aliphatic carbocycles. The Hall–Kier alpha value is -2.65. The van der Waals surface area contributed by atoms with Crippen LogP contribution in [0.2, 0.25) is 0 Å². The van der Waals surface area contributed by atoms with E-state index in [4.69, 9.17) is 4.74 Å². The quantitative estimate of drug-likeness (QED) is 0.722. The van der Waals surface area contributed by atoms with E-state index in [1.807, 2.05) is 12.1 Å². The SMILES string of the molecule is O=c1ccc(-c2cccnc2)nn1C1COCC1Nc1nnc(C2CC2)s1. The van der Waals surface area contributed by atoms with E-state index in [2.05, 4.69) is 25.6 Å². The summed E-state index contributed by atoms with van der Waals surface area (Å²) in [6.45, 7) is 0.920. The average Bonchev–Trinajstić information content (AvgIpc) is 3.28. The highest BCUT2D eigenvalue weighted by Crippen LogP contribution is 2.42. The van der Waals surface area contributed by atoms with Crippen molar-refractivity contribution in [3.63, 3.8) is 0 Å². The van der Waals surface area contributed by atoms with Crippen molar-refractivity contribution in [3.05, 3.63) is 52.0 Å². The number of hydrogen-bond acceptors (Lipinski definition) is 8. The predicted molar refractivity (Wildman–Crippen MR) is 101 cm³/mol. The highest BCUT2D eigenvalue weighted by Gasteiger charge is 2.33. The van der Waals surface area contributed by atoms with Crippen LogP contribution in [-0.2, 0) is 4.74 Å². The summed E-state index contributed by atoms with van der Waals surface area (Å²) in [7, 11) is 0. The van der Waals surface area contributed by atoms with E-state index in [0.717, 1.165) is 15.7 Å². The molecule has 5 rings (SSSR count). The summed E-state index contributed by atoms with van der Waals surface area (Å²) in [5, 5.41) is 18.3. The fraction of sp³-hybridized carbons (Fsp3) is 0.389. The van der Waals surface area contributed by atoms with Crippen LogP contribution in [0.15, 0.2) is 41.5 Å². The van der Waals surface area contributed by atoms with Gasteiger partial charge in [0, 0.05) is 29.9 Å². The molecule has 0 bridgehead atoms. The van der Waals surface area contributed by atoms with Crippen LogP contribution in [0.4, 0.5) is 5.13 Å². The first-order valence-corrected chi connectivity index (χ1v) is 9.77. The number of aromatic nitrogens is 5. The topological polar surface area (TPSA) is 94.8 Å². The maximum atomic E-state index is 12.5. The second kappa shape index (κ2) is 6.82. The number of nitrogens with one attached hydrogen (secondary N) is 1. The molecular formula is C18H18N6O2S. The van der Waals surface area contributed by atoms with Gasteiger partial charge in [-0.05, 0) is 31.0 Å². The lowest BCUT2D eigenvalue weighted by Gasteiger charge is -2.20. The summed E-state index contributed by atoms with van der Waals surface area (Å²) in [5.74, 6) is 0.578. The summed E-state index contributed by atoms with van der Waals surface area (Å²) in [6.07, 6.45) is 5.84. The van der Waals surface area contributed by atoms with E-state index < -0.39 is 0 Å². The number of anilines is 1. The molecule has 3 aromatic rings. The minimum Gasteiger partial charge on any atom is -0.377 e. The Bertz CT molecular complexity index is 1000. The van der Waals surface area contributed by atoms with Crippen molar-refractivity contribution in [2.24, 2.45) is 0 Å². The van der Waals surface area contributed by atoms with Crippen molar-refractivity contribution in [2.45, 2.75) is 30.8 Å². The van der Waals surface area contributed by atoms with E-state index in [9.17, 15) is 4.79 Å². The largest absolute Gasteiger partial charge is 0.377 e. The zero-order valence-corrected chi connectivity index (χ0v) is 15.3. The molecule has 3 aromatic heterocycles. The van der Waals surface area contributed by atoms with Crippen LogP contribution in [-0.4, -0.2) is 44.2 Å². The Kier molecular flexibility index (Phi) is 4.17. The average molecular weight is 382 g/mol. The third-order valence-corrected chi connectivity index (χ3v) is 5.84. The van der Waals surface area contributed by atoms with Crippen LogP contribution in [0.5, 0.6) is 0 Å². The lowest BCUT2D eigenvalue weighted by molar-refractivity contribution is 0.183. The smallest absolute Gasteiger partial charge is 0.267 e. The molecule has 1 saturated carbocycles. The molecule has 0 aromatic carbocycles. The lowest BCUT2D eigenvalue weighted by Crippen LogP contribution is -2.37. The maximum absolute atomic E-state index is 12.5. The van der Waals surface area contributed by atoms with E-state index in [1.165, 1.54) is 17.5 Å². The van der Waals surface area contributed by atoms with Crippen molar-refractivity contribution in [3.8, 4) is 11.3 Å². The molecule has 0 amide bonds. The fourth-order valence-corrected chi connectivity index (χ4v) is 4.17. The van der Waals surface area contributed by atoms with Gasteiger partial charge in [-0.25, -0.2) is 4.68 Å². The Balaban J connectivity index is 1.41. The molecule has 8 nitrogen and oxygen atoms in total. The van der Waals surface area contributed by atoms with Crippen LogP contribution in [0, 0.1) is 0 Å². The van der Waals surface area contributed by atoms with Gasteiger partial charge in [-0.3, -0.25) is 9.78 Å². The first-order valence-electron chi connectivity index (χ1n) is 8.96. The van der Waals surface area contributed by atoms with Crippen molar-refractivity contribution in [2.75, 3.05) is 18.5 Å². The minimum atomic E-state index is -0.206. The van der Waals surface area contributed by atoms with Gasteiger partial charge in [0.15, 0.2) is 0 Å². The van der Waals surface area contributed by atoms with Gasteiger partial charge in [0.1, 0.15) is 11.0 Å². The Morgan fingerprint density at radius 3 is 2.93 bits per heavy atom. The monoisotopic (exact) mass is 382 g/mol. The van der Waals surface area contributed by atoms with E-state index in [-0.39, 0.29) is 17.6 Å². The first-order chi connectivity index (χ1) is 13.3. The zero-order valence-electron chi connectivity index (χ0n) is 14.5. The summed E-state index contributed by atoms with van der Waals surface area (Å²) < 4.78 is 7.16. The molecule has 0 radical (unpaired) electrons. The van der Waals surface area contributed by atoms with Gasteiger partial charge < -0.3 is 10.1 Å². The molecule has 1 N–H and O–H groups in total. The number of nitrogens with zero attached hydrogens (tertiary/aromatic N) is 5. The van der Waals surface area contributed by atoms with Gasteiger partial charge in [0.05, 0.1) is 24.9 Å². The molecule has 4 heterocycles. The second-order valence-corrected chi connectivity index (χ2v) is 7.83. The Morgan fingerprint density at radius 2 is 2.11 bits per heavy atom. The lowest BCUT2D eigenvalue weighted by atomic mass is 10.1. The van der Waals surface area contributed by atoms with Crippen LogP contribution in [0.1, 0.15) is 29.8 Å². The van der Waals surface area contributed by atoms with Gasteiger partial charge in [0.25, 0.3) is 5.56 Å². The molecule has 2 fully saturated rings. The molecular weight excluding hydrogens is 364 g/mol. The van der Waals surface area contributed by atoms with Gasteiger partial charge in [-0.15, -0.1) is 10.2 Å². The maximum Gasteiger partial charge on any atom is 0.267 e. The van der Waals surface area contributed by atoms with Crippen molar-refractivity contribution in [1.82, 2.24) is 25.0 Å². The summed E-state index contributed by atoms with van der Waals surface area (Å²) in [4.78, 5) is 16.6. The van der Waals surface area contributed by atoms with Crippen molar-refractivity contribution in [1.29, 1.82) is 0 Å². The highest BCUT2D eigenvalue weighted by molar-refractivity contribution is 7.15. The van der Waals surface area contributed by atoms with Gasteiger partial charge in [-0.2, -0.15) is 5.10 Å². The Morgan fingerprint density at radius 1 is 1.19 bits per heavy atom. The van der Waals surface area contributed by atoms with Crippen LogP contribution in [0.25, 0.3) is 11.3 Å².